The first-order valence-corrected chi connectivity index (χ1v) is 9.76. The first-order valence-electron chi connectivity index (χ1n) is 8.88. The Hall–Kier alpha value is -3.53. The Bertz CT molecular complexity index is 991. The lowest BCUT2D eigenvalue weighted by molar-refractivity contribution is -0.122. The number of hydrogen-bond acceptors (Lipinski definition) is 8. The van der Waals surface area contributed by atoms with E-state index in [1.165, 1.54) is 19.4 Å². The molecule has 1 saturated heterocycles. The van der Waals surface area contributed by atoms with Crippen molar-refractivity contribution in [3.8, 4) is 17.2 Å². The quantitative estimate of drug-likeness (QED) is 0.460. The number of benzene rings is 2. The van der Waals surface area contributed by atoms with E-state index in [-0.39, 0.29) is 24.0 Å². The van der Waals surface area contributed by atoms with Crippen LogP contribution in [0, 0.1) is 0 Å². The smallest absolute Gasteiger partial charge is 0.240 e. The van der Waals surface area contributed by atoms with Crippen molar-refractivity contribution in [2.45, 2.75) is 11.7 Å². The Morgan fingerprint density at radius 1 is 1.23 bits per heavy atom. The predicted octanol–water partition coefficient (Wildman–Crippen LogP) is 2.36. The number of thioether (sulfide) groups is 1. The van der Waals surface area contributed by atoms with Crippen LogP contribution in [-0.4, -0.2) is 47.8 Å². The molecule has 1 fully saturated rings. The number of nitrogens with zero attached hydrogens (tertiary/aromatic N) is 2. The number of amidine groups is 1. The maximum atomic E-state index is 12.2. The molecule has 0 aliphatic carbocycles. The number of carbonyl (C=O) groups excluding carboxylic acids is 2. The van der Waals surface area contributed by atoms with E-state index in [9.17, 15) is 14.7 Å². The SMILES string of the molecule is COc1ccc(NC(=O)C[C@H]2S/C(=N\N=C\c3ccc(O)c(OC)c3)NC2=O)cc1. The van der Waals surface area contributed by atoms with E-state index in [1.807, 2.05) is 0 Å². The minimum absolute atomic E-state index is 0.000421. The van der Waals surface area contributed by atoms with E-state index < -0.39 is 5.25 Å². The Morgan fingerprint density at radius 3 is 2.70 bits per heavy atom. The van der Waals surface area contributed by atoms with E-state index in [2.05, 4.69) is 20.8 Å². The molecule has 0 spiro atoms. The highest BCUT2D eigenvalue weighted by atomic mass is 32.2. The van der Waals surface area contributed by atoms with Gasteiger partial charge in [-0.2, -0.15) is 5.10 Å². The van der Waals surface area contributed by atoms with Gasteiger partial charge in [-0.05, 0) is 48.0 Å². The van der Waals surface area contributed by atoms with Gasteiger partial charge in [0.1, 0.15) is 11.0 Å². The average molecular weight is 428 g/mol. The molecule has 30 heavy (non-hydrogen) atoms. The van der Waals surface area contributed by atoms with Crippen molar-refractivity contribution >= 4 is 40.6 Å². The second-order valence-electron chi connectivity index (χ2n) is 6.16. The van der Waals surface area contributed by atoms with E-state index >= 15 is 0 Å². The number of ether oxygens (including phenoxy) is 2. The molecule has 1 heterocycles. The van der Waals surface area contributed by atoms with Crippen LogP contribution in [0.3, 0.4) is 0 Å². The molecule has 1 aliphatic heterocycles. The maximum absolute atomic E-state index is 12.2. The Morgan fingerprint density at radius 2 is 2.00 bits per heavy atom. The fourth-order valence-electron chi connectivity index (χ4n) is 2.56. The molecule has 0 unspecified atom stereocenters. The van der Waals surface area contributed by atoms with Crippen molar-refractivity contribution in [2.24, 2.45) is 10.2 Å². The minimum atomic E-state index is -0.592. The van der Waals surface area contributed by atoms with Crippen LogP contribution in [0.4, 0.5) is 5.69 Å². The summed E-state index contributed by atoms with van der Waals surface area (Å²) >= 11 is 1.14. The van der Waals surface area contributed by atoms with Crippen LogP contribution in [0.5, 0.6) is 17.2 Å². The molecule has 2 aromatic rings. The van der Waals surface area contributed by atoms with Gasteiger partial charge in [0, 0.05) is 12.1 Å². The molecular formula is C20H20N4O5S. The lowest BCUT2D eigenvalue weighted by atomic mass is 10.2. The topological polar surface area (TPSA) is 122 Å². The average Bonchev–Trinajstić information content (AvgIpc) is 3.08. The fourth-order valence-corrected chi connectivity index (χ4v) is 3.49. The number of hydrogen-bond donors (Lipinski definition) is 3. The summed E-state index contributed by atoms with van der Waals surface area (Å²) in [6.07, 6.45) is 1.46. The third kappa shape index (κ3) is 5.51. The molecule has 0 aromatic heterocycles. The monoisotopic (exact) mass is 428 g/mol. The van der Waals surface area contributed by atoms with Crippen molar-refractivity contribution < 1.29 is 24.2 Å². The third-order valence-corrected chi connectivity index (χ3v) is 5.15. The van der Waals surface area contributed by atoms with Crippen LogP contribution < -0.4 is 20.1 Å². The highest BCUT2D eigenvalue weighted by molar-refractivity contribution is 8.15. The van der Waals surface area contributed by atoms with Crippen LogP contribution >= 0.6 is 11.8 Å². The third-order valence-electron chi connectivity index (χ3n) is 4.08. The van der Waals surface area contributed by atoms with Gasteiger partial charge in [0.2, 0.25) is 11.8 Å². The lowest BCUT2D eigenvalue weighted by Crippen LogP contribution is -2.28. The van der Waals surface area contributed by atoms with Gasteiger partial charge < -0.3 is 25.2 Å². The predicted molar refractivity (Wildman–Crippen MR) is 115 cm³/mol. The summed E-state index contributed by atoms with van der Waals surface area (Å²) in [4.78, 5) is 24.3. The number of nitrogens with one attached hydrogen (secondary N) is 2. The number of methoxy groups -OCH3 is 2. The number of anilines is 1. The molecule has 9 nitrogen and oxygen atoms in total. The largest absolute Gasteiger partial charge is 0.504 e. The maximum Gasteiger partial charge on any atom is 0.240 e. The van der Waals surface area contributed by atoms with Crippen molar-refractivity contribution in [3.05, 3.63) is 48.0 Å². The minimum Gasteiger partial charge on any atom is -0.504 e. The Labute approximate surface area is 177 Å². The molecule has 2 aromatic carbocycles. The number of aromatic hydroxyl groups is 1. The van der Waals surface area contributed by atoms with E-state index in [4.69, 9.17) is 9.47 Å². The van der Waals surface area contributed by atoms with Crippen molar-refractivity contribution in [1.29, 1.82) is 0 Å². The number of phenolic OH excluding ortho intramolecular Hbond substituents is 1. The zero-order chi connectivity index (χ0) is 21.5. The van der Waals surface area contributed by atoms with Crippen molar-refractivity contribution in [2.75, 3.05) is 19.5 Å². The second-order valence-corrected chi connectivity index (χ2v) is 7.35. The molecule has 3 N–H and O–H groups in total. The zero-order valence-electron chi connectivity index (χ0n) is 16.3. The summed E-state index contributed by atoms with van der Waals surface area (Å²) in [5, 5.41) is 22.6. The first kappa shape index (κ1) is 21.2. The van der Waals surface area contributed by atoms with Crippen LogP contribution in [0.1, 0.15) is 12.0 Å². The number of carbonyl (C=O) groups is 2. The van der Waals surface area contributed by atoms with Gasteiger partial charge >= 0.3 is 0 Å². The summed E-state index contributed by atoms with van der Waals surface area (Å²) in [5.74, 6) is 0.443. The normalized spacial score (nSPS) is 17.2. The molecule has 3 rings (SSSR count). The summed E-state index contributed by atoms with van der Waals surface area (Å²) in [7, 11) is 3.01. The number of amides is 2. The first-order chi connectivity index (χ1) is 14.5. The molecule has 10 heteroatoms. The zero-order valence-corrected chi connectivity index (χ0v) is 17.1. The van der Waals surface area contributed by atoms with Crippen LogP contribution in [0.2, 0.25) is 0 Å². The highest BCUT2D eigenvalue weighted by Gasteiger charge is 2.32. The molecule has 0 saturated carbocycles. The van der Waals surface area contributed by atoms with Crippen molar-refractivity contribution in [1.82, 2.24) is 5.32 Å². The van der Waals surface area contributed by atoms with E-state index in [0.29, 0.717) is 27.9 Å². The van der Waals surface area contributed by atoms with E-state index in [0.717, 1.165) is 11.8 Å². The molecular weight excluding hydrogens is 408 g/mol. The molecule has 1 atom stereocenters. The Balaban J connectivity index is 1.55. The second kappa shape index (κ2) is 9.79. The van der Waals surface area contributed by atoms with Crippen LogP contribution in [0.25, 0.3) is 0 Å². The summed E-state index contributed by atoms with van der Waals surface area (Å²) in [6, 6.07) is 11.6. The van der Waals surface area contributed by atoms with Gasteiger partial charge in [-0.25, -0.2) is 0 Å². The van der Waals surface area contributed by atoms with Gasteiger partial charge in [0.15, 0.2) is 16.7 Å². The Kier molecular flexibility index (Phi) is 6.91. The summed E-state index contributed by atoms with van der Waals surface area (Å²) < 4.78 is 10.1. The van der Waals surface area contributed by atoms with Crippen molar-refractivity contribution in [3.63, 3.8) is 0 Å². The highest BCUT2D eigenvalue weighted by Crippen LogP contribution is 2.26. The van der Waals surface area contributed by atoms with Gasteiger partial charge in [0.25, 0.3) is 0 Å². The molecule has 1 aliphatic rings. The molecule has 0 bridgehead atoms. The van der Waals surface area contributed by atoms with Gasteiger partial charge in [-0.1, -0.05) is 11.8 Å². The van der Waals surface area contributed by atoms with E-state index in [1.54, 1.807) is 43.5 Å². The van der Waals surface area contributed by atoms with Gasteiger partial charge in [-0.15, -0.1) is 5.10 Å². The van der Waals surface area contributed by atoms with Gasteiger partial charge in [0.05, 0.1) is 20.4 Å². The molecule has 0 radical (unpaired) electrons. The summed E-state index contributed by atoms with van der Waals surface area (Å²) in [6.45, 7) is 0. The van der Waals surface area contributed by atoms with Gasteiger partial charge in [-0.3, -0.25) is 9.59 Å². The lowest BCUT2D eigenvalue weighted by Gasteiger charge is -2.08. The van der Waals surface area contributed by atoms with Crippen LogP contribution in [0.15, 0.2) is 52.7 Å². The fraction of sp³-hybridized carbons (Fsp3) is 0.200. The number of phenols is 1. The molecule has 2 amide bonds. The van der Waals surface area contributed by atoms with Crippen LogP contribution in [-0.2, 0) is 9.59 Å². The summed E-state index contributed by atoms with van der Waals surface area (Å²) in [5.41, 5.74) is 1.28. The standard InChI is InChI=1S/C20H20N4O5S/c1-28-14-6-4-13(5-7-14)22-18(26)10-17-19(27)23-20(30-17)24-21-11-12-3-8-15(25)16(9-12)29-2/h3-9,11,17,25H,10H2,1-2H3,(H,22,26)(H,23,24,27)/b21-11+/t17-/m1/s1. The molecule has 156 valence electrons. The number of rotatable bonds is 7.